The number of nitrogen functional groups attached to an aromatic ring is 1. The number of nitrogens with two attached hydrogens (primary N) is 1. The molecule has 29 heavy (non-hydrogen) atoms. The van der Waals surface area contributed by atoms with Gasteiger partial charge in [0.1, 0.15) is 17.7 Å². The van der Waals surface area contributed by atoms with Crippen molar-refractivity contribution in [2.45, 2.75) is 13.0 Å². The van der Waals surface area contributed by atoms with Crippen molar-refractivity contribution in [3.63, 3.8) is 0 Å². The van der Waals surface area contributed by atoms with Crippen LogP contribution in [0, 0.1) is 6.08 Å². The Morgan fingerprint density at radius 1 is 1.24 bits per heavy atom. The molecule has 2 amide bonds. The first-order valence-electron chi connectivity index (χ1n) is 9.43. The van der Waals surface area contributed by atoms with Crippen LogP contribution in [0.15, 0.2) is 54.3 Å². The Bertz CT molecular complexity index is 1090. The Hall–Kier alpha value is -3.70. The SMILES string of the molecule is C[C@@H]1CN(C(=O)C2=CC=[C+]C=C2)CCN1C(=O)C(=O)c1c[nH]c2c(N)cccc12. The zero-order chi connectivity index (χ0) is 20.5. The van der Waals surface area contributed by atoms with E-state index in [4.69, 9.17) is 5.73 Å². The minimum absolute atomic E-state index is 0.0867. The van der Waals surface area contributed by atoms with Gasteiger partial charge in [0.2, 0.25) is 0 Å². The molecule has 0 unspecified atom stereocenters. The summed E-state index contributed by atoms with van der Waals surface area (Å²) < 4.78 is 0. The predicted octanol–water partition coefficient (Wildman–Crippen LogP) is 1.85. The van der Waals surface area contributed by atoms with Gasteiger partial charge in [0.15, 0.2) is 0 Å². The van der Waals surface area contributed by atoms with Gasteiger partial charge in [0, 0.05) is 43.3 Å². The summed E-state index contributed by atoms with van der Waals surface area (Å²) in [7, 11) is 0. The highest BCUT2D eigenvalue weighted by Crippen LogP contribution is 2.24. The van der Waals surface area contributed by atoms with Crippen molar-refractivity contribution >= 4 is 34.2 Å². The molecule has 7 heteroatoms. The number of rotatable bonds is 3. The Balaban J connectivity index is 1.48. The number of para-hydroxylation sites is 1. The van der Waals surface area contributed by atoms with Gasteiger partial charge in [0.05, 0.1) is 28.9 Å². The van der Waals surface area contributed by atoms with Crippen LogP contribution in [0.25, 0.3) is 10.9 Å². The summed E-state index contributed by atoms with van der Waals surface area (Å²) in [6, 6.07) is 4.98. The highest BCUT2D eigenvalue weighted by atomic mass is 16.2. The second-order valence-corrected chi connectivity index (χ2v) is 7.19. The van der Waals surface area contributed by atoms with Crippen LogP contribution < -0.4 is 5.73 Å². The molecular weight excluding hydrogens is 368 g/mol. The second-order valence-electron chi connectivity index (χ2n) is 7.19. The Kier molecular flexibility index (Phi) is 4.74. The van der Waals surface area contributed by atoms with E-state index in [1.165, 1.54) is 11.1 Å². The number of H-pyrrole nitrogens is 1. The number of amides is 2. The van der Waals surface area contributed by atoms with E-state index in [1.807, 2.05) is 6.92 Å². The lowest BCUT2D eigenvalue weighted by Gasteiger charge is -2.39. The normalized spacial score (nSPS) is 18.5. The van der Waals surface area contributed by atoms with Crippen LogP contribution in [0.3, 0.4) is 0 Å². The number of carbonyl (C=O) groups excluding carboxylic acids is 3. The molecule has 1 aliphatic carbocycles. The number of aromatic nitrogens is 1. The van der Waals surface area contributed by atoms with Gasteiger partial charge in [-0.1, -0.05) is 12.1 Å². The van der Waals surface area contributed by atoms with E-state index < -0.39 is 11.7 Å². The quantitative estimate of drug-likeness (QED) is 0.362. The molecule has 0 spiro atoms. The Morgan fingerprint density at radius 3 is 2.79 bits per heavy atom. The minimum Gasteiger partial charge on any atom is -0.397 e. The number of nitrogens with one attached hydrogen (secondary N) is 1. The molecule has 1 atom stereocenters. The molecule has 3 N–H and O–H groups in total. The Labute approximate surface area is 168 Å². The van der Waals surface area contributed by atoms with E-state index >= 15 is 0 Å². The largest absolute Gasteiger partial charge is 0.397 e. The number of nitrogens with zero attached hydrogens (tertiary/aromatic N) is 2. The van der Waals surface area contributed by atoms with Crippen molar-refractivity contribution in [1.82, 2.24) is 14.8 Å². The molecule has 0 saturated carbocycles. The number of hydrogen-bond donors (Lipinski definition) is 2. The van der Waals surface area contributed by atoms with E-state index in [2.05, 4.69) is 11.1 Å². The molecular formula is C22H21N4O3+. The van der Waals surface area contributed by atoms with Crippen LogP contribution in [-0.4, -0.2) is 58.1 Å². The van der Waals surface area contributed by atoms with Crippen LogP contribution in [0.2, 0.25) is 0 Å². The number of carbonyl (C=O) groups is 3. The number of Topliss-reactive ketones (excluding diaryl/α,β-unsaturated/α-hetero) is 1. The zero-order valence-electron chi connectivity index (χ0n) is 16.0. The number of hydrogen-bond acceptors (Lipinski definition) is 4. The van der Waals surface area contributed by atoms with Crippen molar-refractivity contribution in [1.29, 1.82) is 0 Å². The van der Waals surface area contributed by atoms with Gasteiger partial charge in [-0.3, -0.25) is 14.4 Å². The summed E-state index contributed by atoms with van der Waals surface area (Å²) in [4.78, 5) is 44.7. The average Bonchev–Trinajstić information content (AvgIpc) is 3.18. The van der Waals surface area contributed by atoms with Crippen molar-refractivity contribution in [3.05, 3.63) is 65.9 Å². The predicted molar refractivity (Wildman–Crippen MR) is 110 cm³/mol. The fourth-order valence-corrected chi connectivity index (χ4v) is 3.77. The second kappa shape index (κ2) is 7.37. The van der Waals surface area contributed by atoms with Crippen LogP contribution in [-0.2, 0) is 9.59 Å². The van der Waals surface area contributed by atoms with E-state index in [0.717, 1.165) is 0 Å². The zero-order valence-corrected chi connectivity index (χ0v) is 16.0. The molecule has 1 aromatic carbocycles. The fraction of sp³-hybridized carbons (Fsp3) is 0.227. The van der Waals surface area contributed by atoms with Crippen LogP contribution in [0.5, 0.6) is 0 Å². The third kappa shape index (κ3) is 3.32. The van der Waals surface area contributed by atoms with Gasteiger partial charge in [-0.05, 0) is 13.0 Å². The third-order valence-electron chi connectivity index (χ3n) is 5.33. The number of anilines is 1. The van der Waals surface area contributed by atoms with E-state index in [-0.39, 0.29) is 11.9 Å². The van der Waals surface area contributed by atoms with E-state index in [1.54, 1.807) is 47.4 Å². The maximum Gasteiger partial charge on any atom is 0.295 e. The first-order valence-corrected chi connectivity index (χ1v) is 9.43. The highest BCUT2D eigenvalue weighted by Gasteiger charge is 2.35. The first kappa shape index (κ1) is 18.7. The van der Waals surface area contributed by atoms with Crippen LogP contribution in [0.1, 0.15) is 17.3 Å². The molecule has 1 aromatic heterocycles. The van der Waals surface area contributed by atoms with Crippen molar-refractivity contribution < 1.29 is 14.4 Å². The summed E-state index contributed by atoms with van der Waals surface area (Å²) >= 11 is 0. The first-order chi connectivity index (χ1) is 14.0. The van der Waals surface area contributed by atoms with Crippen LogP contribution >= 0.6 is 0 Å². The van der Waals surface area contributed by atoms with Crippen molar-refractivity contribution in [2.24, 2.45) is 0 Å². The molecule has 1 saturated heterocycles. The highest BCUT2D eigenvalue weighted by molar-refractivity contribution is 6.45. The number of aromatic amines is 1. The average molecular weight is 389 g/mol. The van der Waals surface area contributed by atoms with Crippen LogP contribution in [0.4, 0.5) is 5.69 Å². The van der Waals surface area contributed by atoms with E-state index in [0.29, 0.717) is 47.4 Å². The fourth-order valence-electron chi connectivity index (χ4n) is 3.77. The topological polar surface area (TPSA) is 99.5 Å². The molecule has 0 radical (unpaired) electrons. The molecule has 2 heterocycles. The number of piperazine rings is 1. The molecule has 4 rings (SSSR count). The van der Waals surface area contributed by atoms with Gasteiger partial charge in [-0.15, -0.1) is 0 Å². The third-order valence-corrected chi connectivity index (χ3v) is 5.33. The molecule has 2 aromatic rings. The lowest BCUT2D eigenvalue weighted by molar-refractivity contribution is -0.137. The van der Waals surface area contributed by atoms with Gasteiger partial charge < -0.3 is 20.5 Å². The molecule has 1 fully saturated rings. The minimum atomic E-state index is -0.577. The summed E-state index contributed by atoms with van der Waals surface area (Å²) in [5, 5.41) is 0.630. The maximum absolute atomic E-state index is 12.9. The summed E-state index contributed by atoms with van der Waals surface area (Å²) in [6.07, 6.45) is 11.3. The van der Waals surface area contributed by atoms with Gasteiger partial charge in [-0.2, -0.15) is 0 Å². The monoisotopic (exact) mass is 389 g/mol. The van der Waals surface area contributed by atoms with E-state index in [9.17, 15) is 14.4 Å². The number of allylic oxidation sites excluding steroid dienone is 4. The van der Waals surface area contributed by atoms with Gasteiger partial charge in [0.25, 0.3) is 17.6 Å². The molecule has 1 aliphatic heterocycles. The standard InChI is InChI=1S/C22H20N4O3/c1-14-13-25(21(28)15-6-3-2-4-7-15)10-11-26(14)22(29)20(27)17-12-24-19-16(17)8-5-9-18(19)23/h3-9,12,14H,10-11,13H2,1H3,(H2-,23,24,27,29)/p+1/t14-/m1/s1. The van der Waals surface area contributed by atoms with Crippen molar-refractivity contribution in [2.75, 3.05) is 25.4 Å². The lowest BCUT2D eigenvalue weighted by Crippen LogP contribution is -2.57. The Morgan fingerprint density at radius 2 is 2.07 bits per heavy atom. The molecule has 7 nitrogen and oxygen atoms in total. The molecule has 146 valence electrons. The number of benzene rings is 1. The lowest BCUT2D eigenvalue weighted by atomic mass is 10.1. The molecule has 0 bridgehead atoms. The van der Waals surface area contributed by atoms with Crippen molar-refractivity contribution in [3.8, 4) is 0 Å². The van der Waals surface area contributed by atoms with Gasteiger partial charge in [-0.25, -0.2) is 0 Å². The summed E-state index contributed by atoms with van der Waals surface area (Å²) in [5.41, 5.74) is 7.99. The molecule has 2 aliphatic rings. The number of fused-ring (bicyclic) bond motifs is 1. The van der Waals surface area contributed by atoms with Gasteiger partial charge >= 0.3 is 0 Å². The summed E-state index contributed by atoms with van der Waals surface area (Å²) in [5.74, 6) is -1.23. The summed E-state index contributed by atoms with van der Waals surface area (Å²) in [6.45, 7) is 2.90. The number of ketones is 1. The smallest absolute Gasteiger partial charge is 0.295 e. The maximum atomic E-state index is 12.9.